The van der Waals surface area contributed by atoms with Crippen molar-refractivity contribution in [3.8, 4) is 0 Å². The van der Waals surface area contributed by atoms with Gasteiger partial charge in [0.2, 0.25) is 11.8 Å². The first-order valence-electron chi connectivity index (χ1n) is 10.7. The predicted octanol–water partition coefficient (Wildman–Crippen LogP) is 0.699. The third-order valence-corrected chi connectivity index (χ3v) is 6.32. The van der Waals surface area contributed by atoms with E-state index >= 15 is 0 Å². The number of aromatic nitrogens is 2. The smallest absolute Gasteiger partial charge is 0.255 e. The fourth-order valence-corrected chi connectivity index (χ4v) is 4.64. The maximum Gasteiger partial charge on any atom is 0.255 e. The number of carbonyl (C=O) groups excluding carboxylic acids is 3. The summed E-state index contributed by atoms with van der Waals surface area (Å²) in [6.45, 7) is 3.85. The van der Waals surface area contributed by atoms with Crippen molar-refractivity contribution in [3.05, 3.63) is 53.4 Å². The molecule has 32 heavy (non-hydrogen) atoms. The second-order valence-corrected chi connectivity index (χ2v) is 8.37. The van der Waals surface area contributed by atoms with Gasteiger partial charge in [-0.25, -0.2) is 14.4 Å². The molecule has 1 N–H and O–H groups in total. The number of hydrogen-bond acceptors (Lipinski definition) is 7. The van der Waals surface area contributed by atoms with Crippen LogP contribution in [0, 0.1) is 5.82 Å². The van der Waals surface area contributed by atoms with Gasteiger partial charge in [-0.1, -0.05) is 0 Å². The Labute approximate surface area is 184 Å². The number of imide groups is 1. The van der Waals surface area contributed by atoms with E-state index in [9.17, 15) is 18.8 Å². The lowest BCUT2D eigenvalue weighted by atomic mass is 10.0. The SMILES string of the molecule is O=C1CCC(N2Cc3cc(N4CCN(Cc5cncnc5)CC4)c(F)cc3C2=O)C(=O)N1. The average Bonchev–Trinajstić information content (AvgIpc) is 3.10. The molecule has 3 aliphatic heterocycles. The number of nitrogens with one attached hydrogen (secondary N) is 1. The van der Waals surface area contributed by atoms with Crippen molar-refractivity contribution < 1.29 is 18.8 Å². The maximum absolute atomic E-state index is 15.0. The van der Waals surface area contributed by atoms with Crippen molar-refractivity contribution in [2.45, 2.75) is 32.0 Å². The number of rotatable bonds is 4. The summed E-state index contributed by atoms with van der Waals surface area (Å²) < 4.78 is 15.0. The van der Waals surface area contributed by atoms with Crippen LogP contribution in [-0.4, -0.2) is 69.7 Å². The minimum absolute atomic E-state index is 0.190. The number of piperidine rings is 1. The van der Waals surface area contributed by atoms with Crippen molar-refractivity contribution >= 4 is 23.4 Å². The van der Waals surface area contributed by atoms with Crippen LogP contribution in [0.1, 0.15) is 34.3 Å². The minimum atomic E-state index is -0.704. The molecule has 1 atom stereocenters. The fourth-order valence-electron chi connectivity index (χ4n) is 4.64. The van der Waals surface area contributed by atoms with Crippen LogP contribution in [0.15, 0.2) is 30.9 Å². The number of carbonyl (C=O) groups is 3. The number of anilines is 1. The monoisotopic (exact) mass is 438 g/mol. The van der Waals surface area contributed by atoms with Gasteiger partial charge in [0.25, 0.3) is 5.91 Å². The number of benzene rings is 1. The molecule has 0 bridgehead atoms. The standard InChI is InChI=1S/C22H23FN6O3/c23-17-8-16-15(12-29(22(16)32)18-1-2-20(30)26-21(18)31)7-19(17)28-5-3-27(4-6-28)11-14-9-24-13-25-10-14/h7-10,13,18H,1-6,11-12H2,(H,26,30,31). The van der Waals surface area contributed by atoms with Crippen LogP contribution in [0.25, 0.3) is 0 Å². The zero-order chi connectivity index (χ0) is 22.2. The van der Waals surface area contributed by atoms with Crippen molar-refractivity contribution in [2.24, 2.45) is 0 Å². The predicted molar refractivity (Wildman–Crippen MR) is 112 cm³/mol. The summed E-state index contributed by atoms with van der Waals surface area (Å²) in [4.78, 5) is 50.3. The molecular weight excluding hydrogens is 415 g/mol. The Morgan fingerprint density at radius 2 is 1.81 bits per heavy atom. The number of nitrogens with zero attached hydrogens (tertiary/aromatic N) is 5. The van der Waals surface area contributed by atoms with Gasteiger partial charge in [0.1, 0.15) is 18.2 Å². The highest BCUT2D eigenvalue weighted by molar-refractivity contribution is 6.05. The van der Waals surface area contributed by atoms with Gasteiger partial charge >= 0.3 is 0 Å². The topological polar surface area (TPSA) is 98.7 Å². The Kier molecular flexibility index (Phi) is 5.30. The second-order valence-electron chi connectivity index (χ2n) is 8.37. The number of amides is 3. The summed E-state index contributed by atoms with van der Waals surface area (Å²) in [5, 5.41) is 2.28. The van der Waals surface area contributed by atoms with E-state index in [2.05, 4.69) is 20.2 Å². The van der Waals surface area contributed by atoms with E-state index < -0.39 is 17.8 Å². The summed E-state index contributed by atoms with van der Waals surface area (Å²) in [7, 11) is 0. The Hall–Kier alpha value is -3.40. The van der Waals surface area contributed by atoms with E-state index in [0.29, 0.717) is 29.9 Å². The van der Waals surface area contributed by atoms with Gasteiger partial charge in [-0.2, -0.15) is 0 Å². The molecule has 1 aromatic heterocycles. The molecule has 0 saturated carbocycles. The zero-order valence-corrected chi connectivity index (χ0v) is 17.5. The summed E-state index contributed by atoms with van der Waals surface area (Å²) >= 11 is 0. The quantitative estimate of drug-likeness (QED) is 0.702. The Morgan fingerprint density at radius 3 is 2.53 bits per heavy atom. The maximum atomic E-state index is 15.0. The average molecular weight is 438 g/mol. The minimum Gasteiger partial charge on any atom is -0.367 e. The van der Waals surface area contributed by atoms with E-state index in [1.807, 2.05) is 4.90 Å². The first-order chi connectivity index (χ1) is 15.5. The highest BCUT2D eigenvalue weighted by Crippen LogP contribution is 2.33. The first kappa shape index (κ1) is 20.5. The molecule has 0 radical (unpaired) electrons. The first-order valence-corrected chi connectivity index (χ1v) is 10.7. The van der Waals surface area contributed by atoms with Crippen LogP contribution in [0.3, 0.4) is 0 Å². The summed E-state index contributed by atoms with van der Waals surface area (Å²) in [5.41, 5.74) is 2.51. The molecule has 3 aliphatic rings. The Morgan fingerprint density at radius 1 is 1.06 bits per heavy atom. The van der Waals surface area contributed by atoms with Crippen LogP contribution in [0.2, 0.25) is 0 Å². The van der Waals surface area contributed by atoms with E-state index in [0.717, 1.165) is 25.2 Å². The van der Waals surface area contributed by atoms with E-state index in [4.69, 9.17) is 0 Å². The number of fused-ring (bicyclic) bond motifs is 1. The highest BCUT2D eigenvalue weighted by Gasteiger charge is 2.39. The third kappa shape index (κ3) is 3.81. The van der Waals surface area contributed by atoms with Gasteiger partial charge in [0.15, 0.2) is 0 Å². The molecule has 1 unspecified atom stereocenters. The summed E-state index contributed by atoms with van der Waals surface area (Å²) in [5.74, 6) is -1.60. The zero-order valence-electron chi connectivity index (χ0n) is 17.5. The molecule has 9 nitrogen and oxygen atoms in total. The van der Waals surface area contributed by atoms with Gasteiger partial charge in [-0.15, -0.1) is 0 Å². The number of hydrogen-bond donors (Lipinski definition) is 1. The molecule has 166 valence electrons. The normalized spacial score (nSPS) is 21.7. The lowest BCUT2D eigenvalue weighted by molar-refractivity contribution is -0.136. The molecule has 1 aromatic carbocycles. The van der Waals surface area contributed by atoms with Gasteiger partial charge in [0.05, 0.1) is 5.69 Å². The van der Waals surface area contributed by atoms with E-state index in [1.54, 1.807) is 18.5 Å². The molecule has 5 rings (SSSR count). The van der Waals surface area contributed by atoms with Crippen molar-refractivity contribution in [1.29, 1.82) is 0 Å². The molecule has 2 aromatic rings. The Balaban J connectivity index is 1.28. The van der Waals surface area contributed by atoms with Crippen LogP contribution in [0.5, 0.6) is 0 Å². The molecule has 4 heterocycles. The lowest BCUT2D eigenvalue weighted by Gasteiger charge is -2.36. The molecule has 0 spiro atoms. The van der Waals surface area contributed by atoms with Crippen LogP contribution >= 0.6 is 0 Å². The number of piperazine rings is 1. The second kappa shape index (κ2) is 8.27. The van der Waals surface area contributed by atoms with Gasteiger partial charge < -0.3 is 9.80 Å². The molecular formula is C22H23FN6O3. The fraction of sp³-hybridized carbons (Fsp3) is 0.409. The molecule has 3 amide bonds. The summed E-state index contributed by atoms with van der Waals surface area (Å²) in [6.07, 6.45) is 5.57. The van der Waals surface area contributed by atoms with E-state index in [1.165, 1.54) is 17.3 Å². The third-order valence-electron chi connectivity index (χ3n) is 6.32. The number of halogens is 1. The van der Waals surface area contributed by atoms with Gasteiger partial charge in [0, 0.05) is 69.2 Å². The van der Waals surface area contributed by atoms with Gasteiger partial charge in [-0.05, 0) is 24.1 Å². The van der Waals surface area contributed by atoms with Crippen LogP contribution in [-0.2, 0) is 22.7 Å². The van der Waals surface area contributed by atoms with Crippen molar-refractivity contribution in [2.75, 3.05) is 31.1 Å². The molecule has 2 saturated heterocycles. The van der Waals surface area contributed by atoms with Crippen molar-refractivity contribution in [1.82, 2.24) is 25.1 Å². The summed E-state index contributed by atoms with van der Waals surface area (Å²) in [6, 6.07) is 2.31. The highest BCUT2D eigenvalue weighted by atomic mass is 19.1. The van der Waals surface area contributed by atoms with Crippen molar-refractivity contribution in [3.63, 3.8) is 0 Å². The van der Waals surface area contributed by atoms with Crippen LogP contribution in [0.4, 0.5) is 10.1 Å². The molecule has 0 aliphatic carbocycles. The molecule has 10 heteroatoms. The largest absolute Gasteiger partial charge is 0.367 e. The van der Waals surface area contributed by atoms with E-state index in [-0.39, 0.29) is 31.2 Å². The lowest BCUT2D eigenvalue weighted by Crippen LogP contribution is -2.52. The Bertz CT molecular complexity index is 1070. The van der Waals surface area contributed by atoms with Crippen LogP contribution < -0.4 is 10.2 Å². The van der Waals surface area contributed by atoms with Gasteiger partial charge in [-0.3, -0.25) is 24.6 Å². The molecule has 2 fully saturated rings.